The molecule has 1 N–H and O–H groups in total. The van der Waals surface area contributed by atoms with Crippen LogP contribution >= 0.6 is 24.0 Å². The number of aryl methyl sites for hydroxylation is 1. The number of phenolic OH excluding ortho intramolecular Hbond substituents is 1. The molecule has 1 atom stereocenters. The summed E-state index contributed by atoms with van der Waals surface area (Å²) in [5.41, 5.74) is 3.12. The topological polar surface area (TPSA) is 54.2 Å². The molecule has 0 saturated carbocycles. The van der Waals surface area contributed by atoms with Crippen LogP contribution in [0.1, 0.15) is 24.8 Å². The van der Waals surface area contributed by atoms with Gasteiger partial charge in [-0.25, -0.2) is 0 Å². The number of rotatable bonds is 3. The van der Waals surface area contributed by atoms with E-state index in [4.69, 9.17) is 11.6 Å². The van der Waals surface area contributed by atoms with E-state index in [-0.39, 0.29) is 18.2 Å². The minimum Gasteiger partial charge on any atom is -0.507 e. The SMILES string of the molecule is Cc1cc(Cl)cc(O)c1-c1cc2ccn(C[C@H]3CCCCN3C)c2nn1.Cl. The van der Waals surface area contributed by atoms with Gasteiger partial charge in [-0.15, -0.1) is 22.6 Å². The van der Waals surface area contributed by atoms with Crippen LogP contribution in [0, 0.1) is 6.92 Å². The van der Waals surface area contributed by atoms with Gasteiger partial charge in [-0.05, 0) is 63.2 Å². The summed E-state index contributed by atoms with van der Waals surface area (Å²) in [6.45, 7) is 4.00. The molecule has 1 saturated heterocycles. The highest BCUT2D eigenvalue weighted by Crippen LogP contribution is 2.34. The van der Waals surface area contributed by atoms with Crippen molar-refractivity contribution in [2.75, 3.05) is 13.6 Å². The highest BCUT2D eigenvalue weighted by atomic mass is 35.5. The fourth-order valence-corrected chi connectivity index (χ4v) is 4.18. The van der Waals surface area contributed by atoms with Crippen LogP contribution < -0.4 is 0 Å². The molecule has 27 heavy (non-hydrogen) atoms. The lowest BCUT2D eigenvalue weighted by atomic mass is 10.0. The summed E-state index contributed by atoms with van der Waals surface area (Å²) in [7, 11) is 2.20. The van der Waals surface area contributed by atoms with Crippen molar-refractivity contribution in [3.63, 3.8) is 0 Å². The number of aromatic hydroxyl groups is 1. The van der Waals surface area contributed by atoms with Crippen LogP contribution in [0.2, 0.25) is 5.02 Å². The third kappa shape index (κ3) is 3.91. The van der Waals surface area contributed by atoms with Crippen LogP contribution in [-0.2, 0) is 6.54 Å². The average Bonchev–Trinajstić information content (AvgIpc) is 2.98. The zero-order valence-corrected chi connectivity index (χ0v) is 17.1. The first-order chi connectivity index (χ1) is 12.5. The van der Waals surface area contributed by atoms with Gasteiger partial charge in [0.25, 0.3) is 0 Å². The summed E-state index contributed by atoms with van der Waals surface area (Å²) in [4.78, 5) is 2.44. The van der Waals surface area contributed by atoms with Crippen molar-refractivity contribution >= 4 is 35.0 Å². The maximum Gasteiger partial charge on any atom is 0.162 e. The number of likely N-dealkylation sites (N-methyl/N-ethyl adjacent to an activating group) is 1. The average molecular weight is 407 g/mol. The maximum absolute atomic E-state index is 10.3. The van der Waals surface area contributed by atoms with Gasteiger partial charge in [0.15, 0.2) is 5.65 Å². The third-order valence-corrected chi connectivity index (χ3v) is 5.59. The zero-order chi connectivity index (χ0) is 18.3. The van der Waals surface area contributed by atoms with Crippen molar-refractivity contribution in [3.05, 3.63) is 41.0 Å². The summed E-state index contributed by atoms with van der Waals surface area (Å²) in [6, 6.07) is 7.97. The van der Waals surface area contributed by atoms with Gasteiger partial charge < -0.3 is 14.6 Å². The Morgan fingerprint density at radius 1 is 1.22 bits per heavy atom. The molecule has 0 unspecified atom stereocenters. The van der Waals surface area contributed by atoms with Gasteiger partial charge >= 0.3 is 0 Å². The molecule has 3 heterocycles. The summed E-state index contributed by atoms with van der Waals surface area (Å²) in [6.07, 6.45) is 5.88. The number of nitrogens with zero attached hydrogens (tertiary/aromatic N) is 4. The highest BCUT2D eigenvalue weighted by molar-refractivity contribution is 6.31. The van der Waals surface area contributed by atoms with Crippen LogP contribution in [0.15, 0.2) is 30.5 Å². The summed E-state index contributed by atoms with van der Waals surface area (Å²) >= 11 is 6.01. The normalized spacial score (nSPS) is 17.8. The van der Waals surface area contributed by atoms with E-state index in [0.717, 1.165) is 29.7 Å². The largest absolute Gasteiger partial charge is 0.507 e. The zero-order valence-electron chi connectivity index (χ0n) is 15.5. The second-order valence-electron chi connectivity index (χ2n) is 7.22. The number of benzene rings is 1. The lowest BCUT2D eigenvalue weighted by Crippen LogP contribution is -2.39. The Kier molecular flexibility index (Phi) is 5.94. The number of aromatic nitrogens is 3. The quantitative estimate of drug-likeness (QED) is 0.686. The van der Waals surface area contributed by atoms with E-state index in [1.54, 1.807) is 6.07 Å². The van der Waals surface area contributed by atoms with E-state index in [2.05, 4.69) is 39.0 Å². The molecule has 1 aromatic carbocycles. The van der Waals surface area contributed by atoms with Crippen LogP contribution in [-0.4, -0.2) is 44.4 Å². The molecular formula is C20H24Cl2N4O. The Bertz CT molecular complexity index is 933. The molecule has 0 radical (unpaired) electrons. The van der Waals surface area contributed by atoms with Crippen LogP contribution in [0.4, 0.5) is 0 Å². The van der Waals surface area contributed by atoms with Gasteiger partial charge in [-0.2, -0.15) is 0 Å². The molecule has 0 amide bonds. The number of halogens is 2. The molecule has 2 aromatic heterocycles. The second-order valence-corrected chi connectivity index (χ2v) is 7.66. The molecule has 0 aliphatic carbocycles. The van der Waals surface area contributed by atoms with Crippen molar-refractivity contribution < 1.29 is 5.11 Å². The van der Waals surface area contributed by atoms with Crippen LogP contribution in [0.3, 0.4) is 0 Å². The highest BCUT2D eigenvalue weighted by Gasteiger charge is 2.20. The molecule has 0 bridgehead atoms. The van der Waals surface area contributed by atoms with Crippen molar-refractivity contribution in [2.45, 2.75) is 38.8 Å². The molecule has 3 aromatic rings. The summed E-state index contributed by atoms with van der Waals surface area (Å²) < 4.78 is 2.19. The molecule has 4 rings (SSSR count). The van der Waals surface area contributed by atoms with E-state index in [9.17, 15) is 5.11 Å². The molecular weight excluding hydrogens is 383 g/mol. The van der Waals surface area contributed by atoms with Gasteiger partial charge in [0.2, 0.25) is 0 Å². The Morgan fingerprint density at radius 3 is 2.78 bits per heavy atom. The first-order valence-electron chi connectivity index (χ1n) is 9.05. The minimum atomic E-state index is 0. The Balaban J connectivity index is 0.00000210. The van der Waals surface area contributed by atoms with Crippen LogP contribution in [0.25, 0.3) is 22.3 Å². The van der Waals surface area contributed by atoms with Gasteiger partial charge in [0, 0.05) is 34.8 Å². The number of hydrogen-bond donors (Lipinski definition) is 1. The van der Waals surface area contributed by atoms with E-state index < -0.39 is 0 Å². The maximum atomic E-state index is 10.3. The lowest BCUT2D eigenvalue weighted by molar-refractivity contribution is 0.168. The van der Waals surface area contributed by atoms with Crippen LogP contribution in [0.5, 0.6) is 5.75 Å². The molecule has 1 fully saturated rings. The minimum absolute atomic E-state index is 0. The smallest absolute Gasteiger partial charge is 0.162 e. The van der Waals surface area contributed by atoms with Gasteiger partial charge in [-0.3, -0.25) is 0 Å². The van der Waals surface area contributed by atoms with Crippen molar-refractivity contribution in [3.8, 4) is 17.0 Å². The monoisotopic (exact) mass is 406 g/mol. The second kappa shape index (κ2) is 8.05. The first kappa shape index (κ1) is 19.9. The fraction of sp³-hybridized carbons (Fsp3) is 0.400. The van der Waals surface area contributed by atoms with E-state index >= 15 is 0 Å². The predicted octanol–water partition coefficient (Wildman–Crippen LogP) is 4.67. The lowest BCUT2D eigenvalue weighted by Gasteiger charge is -2.32. The summed E-state index contributed by atoms with van der Waals surface area (Å²) in [5, 5.41) is 20.7. The molecule has 5 nitrogen and oxygen atoms in total. The Morgan fingerprint density at radius 2 is 2.04 bits per heavy atom. The van der Waals surface area contributed by atoms with E-state index in [1.807, 2.05) is 19.1 Å². The Hall–Kier alpha value is -1.82. The number of piperidine rings is 1. The molecule has 1 aliphatic heterocycles. The first-order valence-corrected chi connectivity index (χ1v) is 9.43. The number of fused-ring (bicyclic) bond motifs is 1. The molecule has 0 spiro atoms. The van der Waals surface area contributed by atoms with E-state index in [0.29, 0.717) is 22.3 Å². The third-order valence-electron chi connectivity index (χ3n) is 5.37. The Labute approximate surface area is 170 Å². The molecule has 1 aliphatic rings. The van der Waals surface area contributed by atoms with Gasteiger partial charge in [0.05, 0.1) is 5.69 Å². The standard InChI is InChI=1S/C20H23ClN4O.ClH/c1-13-9-15(21)11-18(26)19(13)17-10-14-6-8-25(20(14)23-22-17)12-16-5-3-4-7-24(16)2;/h6,8-11,16,26H,3-5,7,12H2,1-2H3;1H/t16-;/m1./s1. The molecule has 7 heteroatoms. The van der Waals surface area contributed by atoms with Crippen molar-refractivity contribution in [1.29, 1.82) is 0 Å². The predicted molar refractivity (Wildman–Crippen MR) is 112 cm³/mol. The van der Waals surface area contributed by atoms with Gasteiger partial charge in [-0.1, -0.05) is 18.0 Å². The van der Waals surface area contributed by atoms with Gasteiger partial charge in [0.1, 0.15) is 5.75 Å². The van der Waals surface area contributed by atoms with Crippen molar-refractivity contribution in [1.82, 2.24) is 19.7 Å². The number of hydrogen-bond acceptors (Lipinski definition) is 4. The molecule has 144 valence electrons. The summed E-state index contributed by atoms with van der Waals surface area (Å²) in [5.74, 6) is 0.131. The number of phenols is 1. The van der Waals surface area contributed by atoms with Crippen molar-refractivity contribution in [2.24, 2.45) is 0 Å². The fourth-order valence-electron chi connectivity index (χ4n) is 3.92. The number of likely N-dealkylation sites (tertiary alicyclic amines) is 1. The van der Waals surface area contributed by atoms with E-state index in [1.165, 1.54) is 19.3 Å².